The molecule has 0 saturated heterocycles. The second kappa shape index (κ2) is 7.09. The van der Waals surface area contributed by atoms with Crippen LogP contribution < -0.4 is 4.72 Å². The molecule has 0 aliphatic carbocycles. The Morgan fingerprint density at radius 3 is 2.40 bits per heavy atom. The summed E-state index contributed by atoms with van der Waals surface area (Å²) < 4.78 is 28.2. The Balaban J connectivity index is 3.06. The molecular formula is C13H18Br2ClNO2S. The van der Waals surface area contributed by atoms with Crippen molar-refractivity contribution in [3.8, 4) is 0 Å². The molecule has 0 aliphatic heterocycles. The van der Waals surface area contributed by atoms with E-state index in [1.807, 2.05) is 20.8 Å². The molecule has 114 valence electrons. The molecule has 0 spiro atoms. The van der Waals surface area contributed by atoms with E-state index in [-0.39, 0.29) is 16.4 Å². The Morgan fingerprint density at radius 2 is 1.95 bits per heavy atom. The summed E-state index contributed by atoms with van der Waals surface area (Å²) in [6.45, 7) is 6.04. The molecule has 0 heterocycles. The molecule has 1 aromatic carbocycles. The SMILES string of the molecule is CC(C)(C)C(CCBr)NS(=O)(=O)c1ccc(Cl)c(Br)c1. The first-order chi connectivity index (χ1) is 9.08. The maximum absolute atomic E-state index is 12.4. The van der Waals surface area contributed by atoms with Crippen LogP contribution in [0.4, 0.5) is 0 Å². The summed E-state index contributed by atoms with van der Waals surface area (Å²) in [4.78, 5) is 0.206. The zero-order chi connectivity index (χ0) is 15.6. The molecule has 1 unspecified atom stereocenters. The van der Waals surface area contributed by atoms with Gasteiger partial charge < -0.3 is 0 Å². The number of hydrogen-bond acceptors (Lipinski definition) is 2. The zero-order valence-corrected chi connectivity index (χ0v) is 16.3. The summed E-state index contributed by atoms with van der Waals surface area (Å²) in [5.41, 5.74) is -0.162. The molecule has 0 amide bonds. The van der Waals surface area contributed by atoms with Gasteiger partial charge in [-0.3, -0.25) is 0 Å². The van der Waals surface area contributed by atoms with Crippen LogP contribution in [0.1, 0.15) is 27.2 Å². The van der Waals surface area contributed by atoms with Gasteiger partial charge in [-0.1, -0.05) is 48.3 Å². The van der Waals surface area contributed by atoms with Gasteiger partial charge in [0, 0.05) is 15.8 Å². The highest BCUT2D eigenvalue weighted by Gasteiger charge is 2.29. The first kappa shape index (κ1) is 18.4. The summed E-state index contributed by atoms with van der Waals surface area (Å²) in [6.07, 6.45) is 0.720. The van der Waals surface area contributed by atoms with E-state index in [1.165, 1.54) is 12.1 Å². The Hall–Kier alpha value is 0.380. The van der Waals surface area contributed by atoms with E-state index >= 15 is 0 Å². The minimum absolute atomic E-state index is 0.152. The highest BCUT2D eigenvalue weighted by atomic mass is 79.9. The molecule has 1 atom stereocenters. The van der Waals surface area contributed by atoms with Crippen LogP contribution in [0.15, 0.2) is 27.6 Å². The van der Waals surface area contributed by atoms with Gasteiger partial charge in [-0.15, -0.1) is 0 Å². The van der Waals surface area contributed by atoms with Gasteiger partial charge in [0.15, 0.2) is 0 Å². The van der Waals surface area contributed by atoms with Crippen molar-refractivity contribution >= 4 is 53.5 Å². The van der Waals surface area contributed by atoms with Crippen LogP contribution in [0.2, 0.25) is 5.02 Å². The monoisotopic (exact) mass is 445 g/mol. The number of rotatable bonds is 5. The van der Waals surface area contributed by atoms with Gasteiger partial charge in [0.1, 0.15) is 0 Å². The summed E-state index contributed by atoms with van der Waals surface area (Å²) in [6, 6.07) is 4.43. The fourth-order valence-corrected chi connectivity index (χ4v) is 4.29. The lowest BCUT2D eigenvalue weighted by Crippen LogP contribution is -2.43. The van der Waals surface area contributed by atoms with Crippen molar-refractivity contribution in [1.29, 1.82) is 0 Å². The highest BCUT2D eigenvalue weighted by Crippen LogP contribution is 2.27. The predicted molar refractivity (Wildman–Crippen MR) is 91.1 cm³/mol. The number of halogens is 3. The normalized spacial score (nSPS) is 14.3. The third kappa shape index (κ3) is 4.98. The standard InChI is InChI=1S/C13H18Br2ClNO2S/c1-13(2,3)12(6-7-14)17-20(18,19)9-4-5-11(16)10(15)8-9/h4-5,8,12,17H,6-7H2,1-3H3. The molecule has 1 N–H and O–H groups in total. The third-order valence-electron chi connectivity index (χ3n) is 2.94. The lowest BCUT2D eigenvalue weighted by molar-refractivity contribution is 0.293. The number of sulfonamides is 1. The maximum atomic E-state index is 12.4. The van der Waals surface area contributed by atoms with Gasteiger partial charge in [-0.2, -0.15) is 0 Å². The van der Waals surface area contributed by atoms with E-state index in [4.69, 9.17) is 11.6 Å². The van der Waals surface area contributed by atoms with Gasteiger partial charge in [0.05, 0.1) is 9.92 Å². The van der Waals surface area contributed by atoms with E-state index in [9.17, 15) is 8.42 Å². The van der Waals surface area contributed by atoms with Gasteiger partial charge in [0.25, 0.3) is 0 Å². The Labute approximate surface area is 142 Å². The van der Waals surface area contributed by atoms with Gasteiger partial charge in [0.2, 0.25) is 10.0 Å². The molecule has 7 heteroatoms. The maximum Gasteiger partial charge on any atom is 0.240 e. The van der Waals surface area contributed by atoms with Crippen molar-refractivity contribution in [2.45, 2.75) is 38.1 Å². The predicted octanol–water partition coefficient (Wildman–Crippen LogP) is 4.58. The van der Waals surface area contributed by atoms with Crippen molar-refractivity contribution in [1.82, 2.24) is 4.72 Å². The summed E-state index contributed by atoms with van der Waals surface area (Å²) >= 11 is 12.5. The lowest BCUT2D eigenvalue weighted by Gasteiger charge is -2.30. The lowest BCUT2D eigenvalue weighted by atomic mass is 9.86. The molecule has 3 nitrogen and oxygen atoms in total. The zero-order valence-electron chi connectivity index (χ0n) is 11.6. The van der Waals surface area contributed by atoms with Crippen LogP contribution in [-0.2, 0) is 10.0 Å². The summed E-state index contributed by atoms with van der Waals surface area (Å²) in [5, 5.41) is 1.22. The summed E-state index contributed by atoms with van der Waals surface area (Å²) in [7, 11) is -3.56. The van der Waals surface area contributed by atoms with E-state index in [0.717, 1.165) is 11.8 Å². The van der Waals surface area contributed by atoms with E-state index in [2.05, 4.69) is 36.6 Å². The van der Waals surface area contributed by atoms with Crippen molar-refractivity contribution in [3.05, 3.63) is 27.7 Å². The van der Waals surface area contributed by atoms with Crippen LogP contribution in [0.5, 0.6) is 0 Å². The first-order valence-electron chi connectivity index (χ1n) is 6.11. The van der Waals surface area contributed by atoms with Gasteiger partial charge in [-0.25, -0.2) is 13.1 Å². The Morgan fingerprint density at radius 1 is 1.35 bits per heavy atom. The van der Waals surface area contributed by atoms with Gasteiger partial charge >= 0.3 is 0 Å². The van der Waals surface area contributed by atoms with Crippen molar-refractivity contribution in [3.63, 3.8) is 0 Å². The molecule has 0 radical (unpaired) electrons. The van der Waals surface area contributed by atoms with Crippen LogP contribution in [0, 0.1) is 5.41 Å². The number of alkyl halides is 1. The van der Waals surface area contributed by atoms with Crippen LogP contribution in [0.3, 0.4) is 0 Å². The Bertz CT molecular complexity index is 570. The van der Waals surface area contributed by atoms with Crippen molar-refractivity contribution < 1.29 is 8.42 Å². The van der Waals surface area contributed by atoms with Gasteiger partial charge in [-0.05, 0) is 46.0 Å². The van der Waals surface area contributed by atoms with Crippen LogP contribution in [-0.4, -0.2) is 19.8 Å². The van der Waals surface area contributed by atoms with Crippen molar-refractivity contribution in [2.24, 2.45) is 5.41 Å². The average Bonchev–Trinajstić information content (AvgIpc) is 2.30. The second-order valence-electron chi connectivity index (χ2n) is 5.59. The molecule has 1 aromatic rings. The smallest absolute Gasteiger partial charge is 0.208 e. The average molecular weight is 448 g/mol. The van der Waals surface area contributed by atoms with Crippen LogP contribution in [0.25, 0.3) is 0 Å². The minimum atomic E-state index is -3.56. The largest absolute Gasteiger partial charge is 0.240 e. The fraction of sp³-hybridized carbons (Fsp3) is 0.538. The third-order valence-corrected chi connectivity index (χ3v) is 6.08. The second-order valence-corrected chi connectivity index (χ2v) is 9.36. The molecule has 0 aliphatic rings. The number of nitrogens with one attached hydrogen (secondary N) is 1. The van der Waals surface area contributed by atoms with E-state index in [0.29, 0.717) is 9.50 Å². The quantitative estimate of drug-likeness (QED) is 0.672. The first-order valence-corrected chi connectivity index (χ1v) is 9.89. The molecule has 0 fully saturated rings. The van der Waals surface area contributed by atoms with E-state index < -0.39 is 10.0 Å². The number of benzene rings is 1. The topological polar surface area (TPSA) is 46.2 Å². The molecule has 0 saturated carbocycles. The van der Waals surface area contributed by atoms with E-state index in [1.54, 1.807) is 6.07 Å². The highest BCUT2D eigenvalue weighted by molar-refractivity contribution is 9.10. The molecule has 0 aromatic heterocycles. The molecule has 0 bridgehead atoms. The minimum Gasteiger partial charge on any atom is -0.208 e. The summed E-state index contributed by atoms with van der Waals surface area (Å²) in [5.74, 6) is 0. The Kier molecular flexibility index (Phi) is 6.54. The van der Waals surface area contributed by atoms with Crippen LogP contribution >= 0.6 is 43.5 Å². The van der Waals surface area contributed by atoms with Crippen molar-refractivity contribution in [2.75, 3.05) is 5.33 Å². The molecule has 20 heavy (non-hydrogen) atoms. The molecule has 1 rings (SSSR count). The number of hydrogen-bond donors (Lipinski definition) is 1. The fourth-order valence-electron chi connectivity index (χ4n) is 1.68. The molecular weight excluding hydrogens is 429 g/mol.